The van der Waals surface area contributed by atoms with Gasteiger partial charge in [-0.15, -0.1) is 0 Å². The number of halogens is 1. The molecule has 1 aliphatic heterocycles. The number of nitrogens with zero attached hydrogens (tertiary/aromatic N) is 3. The lowest BCUT2D eigenvalue weighted by Gasteiger charge is -2.28. The lowest BCUT2D eigenvalue weighted by molar-refractivity contribution is -0.123. The summed E-state index contributed by atoms with van der Waals surface area (Å²) in [6, 6.07) is 17.7. The van der Waals surface area contributed by atoms with Gasteiger partial charge in [0.2, 0.25) is 5.91 Å². The number of amides is 1. The topological polar surface area (TPSA) is 56.6 Å². The summed E-state index contributed by atoms with van der Waals surface area (Å²) in [4.78, 5) is 15.3. The molecule has 0 radical (unpaired) electrons. The maximum Gasteiger partial charge on any atom is 0.233 e. The van der Waals surface area contributed by atoms with E-state index in [1.54, 1.807) is 30.1 Å². The molecule has 6 nitrogen and oxygen atoms in total. The fourth-order valence-electron chi connectivity index (χ4n) is 4.88. The Balaban J connectivity index is 1.33. The average molecular weight is 472 g/mol. The fourth-order valence-corrected chi connectivity index (χ4v) is 4.88. The molecule has 0 bridgehead atoms. The van der Waals surface area contributed by atoms with E-state index >= 15 is 0 Å². The van der Waals surface area contributed by atoms with Crippen molar-refractivity contribution in [2.24, 2.45) is 5.41 Å². The molecule has 6 rings (SSSR count). The summed E-state index contributed by atoms with van der Waals surface area (Å²) in [5, 5.41) is 5.39. The van der Waals surface area contributed by atoms with E-state index < -0.39 is 0 Å². The number of fused-ring (bicyclic) bond motifs is 2. The minimum absolute atomic E-state index is 0.140. The minimum atomic E-state index is -0.313. The molecule has 2 atom stereocenters. The van der Waals surface area contributed by atoms with Gasteiger partial charge in [0, 0.05) is 22.4 Å². The van der Waals surface area contributed by atoms with Crippen LogP contribution in [0.2, 0.25) is 0 Å². The third kappa shape index (κ3) is 3.53. The van der Waals surface area contributed by atoms with Gasteiger partial charge in [-0.1, -0.05) is 6.92 Å². The van der Waals surface area contributed by atoms with Crippen molar-refractivity contribution in [3.05, 3.63) is 78.2 Å². The fraction of sp³-hybridized carbons (Fsp3) is 0.286. The van der Waals surface area contributed by atoms with Crippen LogP contribution in [0.1, 0.15) is 38.4 Å². The van der Waals surface area contributed by atoms with E-state index in [4.69, 9.17) is 9.47 Å². The lowest BCUT2D eigenvalue weighted by Crippen LogP contribution is -2.42. The highest BCUT2D eigenvalue weighted by Crippen LogP contribution is 2.51. The third-order valence-electron chi connectivity index (χ3n) is 7.26. The quantitative estimate of drug-likeness (QED) is 0.368. The third-order valence-corrected chi connectivity index (χ3v) is 7.26. The minimum Gasteiger partial charge on any atom is -0.497 e. The molecule has 1 fully saturated rings. The average Bonchev–Trinajstić information content (AvgIpc) is 3.39. The largest absolute Gasteiger partial charge is 0.497 e. The monoisotopic (exact) mass is 471 g/mol. The Labute approximate surface area is 202 Å². The molecule has 1 aromatic heterocycles. The maximum absolute atomic E-state index is 13.4. The number of rotatable bonds is 5. The van der Waals surface area contributed by atoms with Crippen LogP contribution >= 0.6 is 0 Å². The number of benzene rings is 3. The van der Waals surface area contributed by atoms with Crippen molar-refractivity contribution in [2.75, 3.05) is 12.0 Å². The summed E-state index contributed by atoms with van der Waals surface area (Å²) in [7, 11) is 1.63. The number of ether oxygens (including phenoxy) is 2. The van der Waals surface area contributed by atoms with Crippen LogP contribution in [0.25, 0.3) is 16.6 Å². The molecule has 2 heterocycles. The maximum atomic E-state index is 13.4. The second-order valence-corrected chi connectivity index (χ2v) is 9.69. The van der Waals surface area contributed by atoms with Crippen molar-refractivity contribution in [1.29, 1.82) is 0 Å². The van der Waals surface area contributed by atoms with E-state index in [0.29, 0.717) is 11.5 Å². The van der Waals surface area contributed by atoms with Gasteiger partial charge < -0.3 is 14.4 Å². The Hall–Kier alpha value is -3.87. The molecule has 2 aliphatic rings. The van der Waals surface area contributed by atoms with Gasteiger partial charge in [-0.3, -0.25) is 4.79 Å². The van der Waals surface area contributed by atoms with E-state index in [1.165, 1.54) is 12.1 Å². The van der Waals surface area contributed by atoms with Gasteiger partial charge in [0.15, 0.2) is 0 Å². The number of hydrogen-bond donors (Lipinski definition) is 0. The number of hydrogen-bond acceptors (Lipinski definition) is 4. The van der Waals surface area contributed by atoms with E-state index in [9.17, 15) is 9.18 Å². The van der Waals surface area contributed by atoms with Crippen molar-refractivity contribution >= 4 is 22.5 Å². The highest BCUT2D eigenvalue weighted by Gasteiger charge is 2.52. The number of anilines is 1. The molecule has 0 unspecified atom stereocenters. The van der Waals surface area contributed by atoms with Gasteiger partial charge >= 0.3 is 0 Å². The smallest absolute Gasteiger partial charge is 0.233 e. The molecular formula is C28H26FN3O3. The predicted octanol–water partition coefficient (Wildman–Crippen LogP) is 5.83. The molecule has 4 aromatic rings. The van der Waals surface area contributed by atoms with E-state index in [0.717, 1.165) is 40.7 Å². The second-order valence-electron chi connectivity index (χ2n) is 9.69. The van der Waals surface area contributed by atoms with E-state index in [1.807, 2.05) is 55.1 Å². The van der Waals surface area contributed by atoms with Crippen LogP contribution in [-0.4, -0.2) is 28.8 Å². The summed E-state index contributed by atoms with van der Waals surface area (Å²) >= 11 is 0. The van der Waals surface area contributed by atoms with E-state index in [-0.39, 0.29) is 29.3 Å². The van der Waals surface area contributed by atoms with Crippen LogP contribution in [0.15, 0.2) is 66.9 Å². The number of carbonyl (C=O) groups is 1. The predicted molar refractivity (Wildman–Crippen MR) is 132 cm³/mol. The molecule has 1 aliphatic carbocycles. The van der Waals surface area contributed by atoms with Gasteiger partial charge in [0.1, 0.15) is 23.4 Å². The first kappa shape index (κ1) is 21.6. The normalized spacial score (nSPS) is 20.1. The molecule has 1 saturated carbocycles. The Morgan fingerprint density at radius 3 is 2.51 bits per heavy atom. The van der Waals surface area contributed by atoms with Gasteiger partial charge in [-0.05, 0) is 74.4 Å². The van der Waals surface area contributed by atoms with Crippen LogP contribution in [-0.2, 0) is 4.79 Å². The van der Waals surface area contributed by atoms with Gasteiger partial charge in [-0.2, -0.15) is 5.10 Å². The summed E-state index contributed by atoms with van der Waals surface area (Å²) in [5.41, 5.74) is 3.21. The molecule has 178 valence electrons. The Bertz CT molecular complexity index is 1440. The van der Waals surface area contributed by atoms with Gasteiger partial charge in [0.05, 0.1) is 36.2 Å². The Morgan fingerprint density at radius 1 is 1.06 bits per heavy atom. The van der Waals surface area contributed by atoms with Crippen molar-refractivity contribution < 1.29 is 18.7 Å². The van der Waals surface area contributed by atoms with Crippen LogP contribution in [0.5, 0.6) is 11.5 Å². The number of carbonyl (C=O) groups excluding carboxylic acids is 1. The molecule has 1 amide bonds. The first-order valence-electron chi connectivity index (χ1n) is 11.8. The van der Waals surface area contributed by atoms with E-state index in [2.05, 4.69) is 5.10 Å². The highest BCUT2D eigenvalue weighted by atomic mass is 19.1. The van der Waals surface area contributed by atoms with Crippen LogP contribution in [0.3, 0.4) is 0 Å². The molecular weight excluding hydrogens is 445 g/mol. The van der Waals surface area contributed by atoms with Gasteiger partial charge in [0.25, 0.3) is 0 Å². The molecule has 3 aromatic carbocycles. The van der Waals surface area contributed by atoms with Crippen LogP contribution in [0.4, 0.5) is 10.1 Å². The summed E-state index contributed by atoms with van der Waals surface area (Å²) in [6.45, 7) is 4.06. The standard InChI is InChI=1S/C28H26FN3O3/c1-17-26(23-10-8-21(34-3)15-25(23)31(17)27(33)28(2)12-13-28)35-22-9-11-24-18(14-22)16-30-32(24)20-6-4-19(29)5-7-20/h4-11,14-17,26H,12-13H2,1-3H3/t17-,26-/m0/s1. The zero-order valence-corrected chi connectivity index (χ0v) is 19.9. The Kier molecular flexibility index (Phi) is 4.85. The van der Waals surface area contributed by atoms with Crippen molar-refractivity contribution in [3.8, 4) is 17.2 Å². The Morgan fingerprint density at radius 2 is 1.80 bits per heavy atom. The van der Waals surface area contributed by atoms with Crippen molar-refractivity contribution in [2.45, 2.75) is 38.8 Å². The molecule has 0 saturated heterocycles. The zero-order valence-electron chi connectivity index (χ0n) is 19.9. The molecule has 0 N–H and O–H groups in total. The van der Waals surface area contributed by atoms with Crippen LogP contribution < -0.4 is 14.4 Å². The number of aromatic nitrogens is 2. The van der Waals surface area contributed by atoms with Crippen molar-refractivity contribution in [1.82, 2.24) is 9.78 Å². The lowest BCUT2D eigenvalue weighted by atomic mass is 10.1. The first-order valence-corrected chi connectivity index (χ1v) is 11.8. The zero-order chi connectivity index (χ0) is 24.3. The number of methoxy groups -OCH3 is 1. The summed E-state index contributed by atoms with van der Waals surface area (Å²) in [6.07, 6.45) is 3.28. The molecule has 7 heteroatoms. The van der Waals surface area contributed by atoms with Gasteiger partial charge in [-0.25, -0.2) is 9.07 Å². The molecule has 35 heavy (non-hydrogen) atoms. The summed E-state index contributed by atoms with van der Waals surface area (Å²) < 4.78 is 27.1. The van der Waals surface area contributed by atoms with Crippen molar-refractivity contribution in [3.63, 3.8) is 0 Å². The highest BCUT2D eigenvalue weighted by molar-refractivity contribution is 6.01. The van der Waals surface area contributed by atoms with Crippen LogP contribution in [0, 0.1) is 11.2 Å². The SMILES string of the molecule is COc1ccc2c(c1)N(C(=O)C1(C)CC1)[C@@H](C)[C@@H]2Oc1ccc2c(cnn2-c2ccc(F)cc2)c1. The summed E-state index contributed by atoms with van der Waals surface area (Å²) in [5.74, 6) is 1.26. The molecule has 0 spiro atoms. The second kappa shape index (κ2) is 7.83. The first-order chi connectivity index (χ1) is 16.9.